The van der Waals surface area contributed by atoms with Crippen molar-refractivity contribution >= 4 is 33.2 Å². The summed E-state index contributed by atoms with van der Waals surface area (Å²) in [6, 6.07) is 11.0. The van der Waals surface area contributed by atoms with Crippen LogP contribution in [0.3, 0.4) is 0 Å². The van der Waals surface area contributed by atoms with Crippen molar-refractivity contribution in [3.05, 3.63) is 64.4 Å². The minimum atomic E-state index is -3.56. The van der Waals surface area contributed by atoms with E-state index in [0.717, 1.165) is 11.8 Å². The summed E-state index contributed by atoms with van der Waals surface area (Å²) in [5.74, 6) is -0.832. The van der Waals surface area contributed by atoms with Gasteiger partial charge in [-0.25, -0.2) is 12.8 Å². The summed E-state index contributed by atoms with van der Waals surface area (Å²) in [6.45, 7) is 1.91. The van der Waals surface area contributed by atoms with Crippen LogP contribution in [0, 0.1) is 12.7 Å². The summed E-state index contributed by atoms with van der Waals surface area (Å²) < 4.78 is 39.0. The van der Waals surface area contributed by atoms with Gasteiger partial charge in [0.1, 0.15) is 5.82 Å². The molecule has 0 heterocycles. The third-order valence-corrected chi connectivity index (χ3v) is 5.20. The fourth-order valence-corrected chi connectivity index (χ4v) is 3.63. The molecule has 0 atom stereocenters. The zero-order valence-corrected chi connectivity index (χ0v) is 16.1. The van der Waals surface area contributed by atoms with Gasteiger partial charge >= 0.3 is 0 Å². The van der Waals surface area contributed by atoms with Gasteiger partial charge in [0, 0.05) is 11.6 Å². The van der Waals surface area contributed by atoms with Gasteiger partial charge in [-0.15, -0.1) is 0 Å². The Hall–Kier alpha value is -2.12. The standard InChI is InChI=1S/C18H20ClFN2O3S/c1-13-7-8-15(19)12-17(13)22(26(2,24)25)10-9-21-18(23)11-14-5-3-4-6-16(14)20/h3-8,12H,9-11H2,1-2H3,(H,21,23). The maximum Gasteiger partial charge on any atom is 0.232 e. The summed E-state index contributed by atoms with van der Waals surface area (Å²) in [7, 11) is -3.56. The van der Waals surface area contributed by atoms with Gasteiger partial charge in [-0.3, -0.25) is 9.10 Å². The number of anilines is 1. The predicted molar refractivity (Wildman–Crippen MR) is 101 cm³/mol. The maximum atomic E-state index is 13.6. The van der Waals surface area contributed by atoms with Crippen LogP contribution in [0.4, 0.5) is 10.1 Å². The van der Waals surface area contributed by atoms with E-state index in [4.69, 9.17) is 11.6 Å². The third kappa shape index (κ3) is 5.44. The first-order chi connectivity index (χ1) is 12.2. The molecule has 2 rings (SSSR count). The zero-order valence-electron chi connectivity index (χ0n) is 14.5. The Balaban J connectivity index is 2.03. The van der Waals surface area contributed by atoms with Gasteiger partial charge in [-0.2, -0.15) is 0 Å². The lowest BCUT2D eigenvalue weighted by Gasteiger charge is -2.24. The topological polar surface area (TPSA) is 66.5 Å². The molecule has 0 bridgehead atoms. The fourth-order valence-electron chi connectivity index (χ4n) is 2.49. The number of nitrogens with one attached hydrogen (secondary N) is 1. The number of carbonyl (C=O) groups excluding carboxylic acids is 1. The lowest BCUT2D eigenvalue weighted by Crippen LogP contribution is -2.39. The van der Waals surface area contributed by atoms with Crippen LogP contribution in [0.15, 0.2) is 42.5 Å². The highest BCUT2D eigenvalue weighted by molar-refractivity contribution is 7.92. The van der Waals surface area contributed by atoms with Gasteiger partial charge in [0.2, 0.25) is 15.9 Å². The van der Waals surface area contributed by atoms with Gasteiger partial charge in [-0.1, -0.05) is 35.9 Å². The molecule has 0 spiro atoms. The van der Waals surface area contributed by atoms with Crippen LogP contribution in [-0.2, 0) is 21.2 Å². The number of nitrogens with zero attached hydrogens (tertiary/aromatic N) is 1. The molecule has 0 saturated carbocycles. The monoisotopic (exact) mass is 398 g/mol. The number of sulfonamides is 1. The molecule has 0 unspecified atom stereocenters. The first-order valence-corrected chi connectivity index (χ1v) is 10.1. The zero-order chi connectivity index (χ0) is 19.3. The van der Waals surface area contributed by atoms with E-state index in [1.54, 1.807) is 37.3 Å². The van der Waals surface area contributed by atoms with Crippen LogP contribution < -0.4 is 9.62 Å². The number of amides is 1. The second kappa shape index (κ2) is 8.51. The highest BCUT2D eigenvalue weighted by Gasteiger charge is 2.19. The van der Waals surface area contributed by atoms with E-state index in [0.29, 0.717) is 10.7 Å². The highest BCUT2D eigenvalue weighted by atomic mass is 35.5. The average Bonchev–Trinajstić information content (AvgIpc) is 2.55. The summed E-state index contributed by atoms with van der Waals surface area (Å²) in [5.41, 5.74) is 1.50. The van der Waals surface area contributed by atoms with Gasteiger partial charge in [0.05, 0.1) is 24.9 Å². The molecule has 0 saturated heterocycles. The van der Waals surface area contributed by atoms with Crippen molar-refractivity contribution in [2.24, 2.45) is 0 Å². The SMILES string of the molecule is Cc1ccc(Cl)cc1N(CCNC(=O)Cc1ccccc1F)S(C)(=O)=O. The summed E-state index contributed by atoms with van der Waals surface area (Å²) >= 11 is 5.97. The number of benzene rings is 2. The number of rotatable bonds is 7. The van der Waals surface area contributed by atoms with Crippen LogP contribution in [0.5, 0.6) is 0 Å². The molecule has 2 aromatic rings. The molecule has 0 radical (unpaired) electrons. The molecule has 26 heavy (non-hydrogen) atoms. The summed E-state index contributed by atoms with van der Waals surface area (Å²) in [5, 5.41) is 3.04. The van der Waals surface area contributed by atoms with E-state index < -0.39 is 15.8 Å². The number of aryl methyl sites for hydroxylation is 1. The Labute approximate surface area is 157 Å². The van der Waals surface area contributed by atoms with E-state index in [1.165, 1.54) is 16.4 Å². The lowest BCUT2D eigenvalue weighted by atomic mass is 10.1. The van der Waals surface area contributed by atoms with Crippen LogP contribution in [0.1, 0.15) is 11.1 Å². The van der Waals surface area contributed by atoms with E-state index >= 15 is 0 Å². The molecule has 0 aliphatic carbocycles. The van der Waals surface area contributed by atoms with E-state index in [2.05, 4.69) is 5.32 Å². The van der Waals surface area contributed by atoms with Gasteiger partial charge in [0.15, 0.2) is 0 Å². The molecular formula is C18H20ClFN2O3S. The minimum absolute atomic E-state index is 0.0447. The molecule has 2 aromatic carbocycles. The van der Waals surface area contributed by atoms with Gasteiger partial charge < -0.3 is 5.32 Å². The molecule has 0 fully saturated rings. The van der Waals surface area contributed by atoms with Crippen molar-refractivity contribution in [1.29, 1.82) is 0 Å². The summed E-state index contributed by atoms with van der Waals surface area (Å²) in [6.07, 6.45) is 0.982. The molecule has 0 aliphatic rings. The lowest BCUT2D eigenvalue weighted by molar-refractivity contribution is -0.120. The Morgan fingerprint density at radius 3 is 2.58 bits per heavy atom. The van der Waals surface area contributed by atoms with Crippen molar-refractivity contribution in [2.45, 2.75) is 13.3 Å². The minimum Gasteiger partial charge on any atom is -0.354 e. The first-order valence-electron chi connectivity index (χ1n) is 7.92. The average molecular weight is 399 g/mol. The fraction of sp³-hybridized carbons (Fsp3) is 0.278. The summed E-state index contributed by atoms with van der Waals surface area (Å²) in [4.78, 5) is 12.0. The molecule has 1 amide bonds. The van der Waals surface area contributed by atoms with Crippen molar-refractivity contribution < 1.29 is 17.6 Å². The Morgan fingerprint density at radius 1 is 1.23 bits per heavy atom. The highest BCUT2D eigenvalue weighted by Crippen LogP contribution is 2.25. The molecule has 0 aliphatic heterocycles. The van der Waals surface area contributed by atoms with E-state index in [-0.39, 0.29) is 31.0 Å². The first kappa shape index (κ1) is 20.2. The quantitative estimate of drug-likeness (QED) is 0.779. The number of hydrogen-bond donors (Lipinski definition) is 1. The predicted octanol–water partition coefficient (Wildman–Crippen LogP) is 2.91. The molecule has 0 aromatic heterocycles. The van der Waals surface area contributed by atoms with E-state index in [1.807, 2.05) is 0 Å². The Morgan fingerprint density at radius 2 is 1.92 bits per heavy atom. The van der Waals surface area contributed by atoms with Crippen molar-refractivity contribution in [3.63, 3.8) is 0 Å². The number of halogens is 2. The molecule has 1 N–H and O–H groups in total. The molecular weight excluding hydrogens is 379 g/mol. The number of carbonyl (C=O) groups is 1. The van der Waals surface area contributed by atoms with Crippen LogP contribution >= 0.6 is 11.6 Å². The molecule has 140 valence electrons. The number of hydrogen-bond acceptors (Lipinski definition) is 3. The normalized spacial score (nSPS) is 11.2. The van der Waals surface area contributed by atoms with Crippen molar-refractivity contribution in [3.8, 4) is 0 Å². The largest absolute Gasteiger partial charge is 0.354 e. The van der Waals surface area contributed by atoms with Crippen LogP contribution in [0.25, 0.3) is 0 Å². The second-order valence-corrected chi connectivity index (χ2v) is 8.23. The Bertz CT molecular complexity index is 903. The van der Waals surface area contributed by atoms with Crippen molar-refractivity contribution in [1.82, 2.24) is 5.32 Å². The Kier molecular flexibility index (Phi) is 6.61. The van der Waals surface area contributed by atoms with Crippen molar-refractivity contribution in [2.75, 3.05) is 23.7 Å². The van der Waals surface area contributed by atoms with Crippen LogP contribution in [0.2, 0.25) is 5.02 Å². The maximum absolute atomic E-state index is 13.6. The van der Waals surface area contributed by atoms with Gasteiger partial charge in [0.25, 0.3) is 0 Å². The third-order valence-electron chi connectivity index (χ3n) is 3.79. The molecule has 5 nitrogen and oxygen atoms in total. The molecule has 8 heteroatoms. The van der Waals surface area contributed by atoms with E-state index in [9.17, 15) is 17.6 Å². The smallest absolute Gasteiger partial charge is 0.232 e. The van der Waals surface area contributed by atoms with Crippen LogP contribution in [-0.4, -0.2) is 33.7 Å². The van der Waals surface area contributed by atoms with Gasteiger partial charge in [-0.05, 0) is 36.2 Å². The second-order valence-electron chi connectivity index (χ2n) is 5.88.